The lowest BCUT2D eigenvalue weighted by Crippen LogP contribution is -2.17. The van der Waals surface area contributed by atoms with Crippen LogP contribution < -0.4 is 4.74 Å². The summed E-state index contributed by atoms with van der Waals surface area (Å²) in [5, 5.41) is 0. The Hall–Kier alpha value is -0.710. The monoisotopic (exact) mass is 268 g/mol. The second kappa shape index (κ2) is 4.21. The second-order valence-corrected chi connectivity index (χ2v) is 3.61. The van der Waals surface area contributed by atoms with Crippen LogP contribution >= 0.6 is 15.9 Å². The predicted octanol–water partition coefficient (Wildman–Crippen LogP) is 3.91. The molecule has 0 aliphatic heterocycles. The standard InChI is InChI=1S/C9H8BrF3O/c1-2-6-3-7(10)5-8(4-6)14-9(11,12)13/h3-5H,2H2,1H3. The van der Waals surface area contributed by atoms with Gasteiger partial charge in [-0.2, -0.15) is 0 Å². The smallest absolute Gasteiger partial charge is 0.406 e. The highest BCUT2D eigenvalue weighted by molar-refractivity contribution is 9.10. The Balaban J connectivity index is 2.92. The molecular weight excluding hydrogens is 261 g/mol. The molecule has 0 spiro atoms. The molecule has 1 rings (SSSR count). The minimum atomic E-state index is -4.63. The van der Waals surface area contributed by atoms with Crippen LogP contribution in [0.2, 0.25) is 0 Å². The van der Waals surface area contributed by atoms with E-state index in [1.54, 1.807) is 6.07 Å². The van der Waals surface area contributed by atoms with E-state index in [4.69, 9.17) is 0 Å². The van der Waals surface area contributed by atoms with Crippen molar-refractivity contribution in [3.63, 3.8) is 0 Å². The van der Waals surface area contributed by atoms with Crippen molar-refractivity contribution in [2.45, 2.75) is 19.7 Å². The lowest BCUT2D eigenvalue weighted by Gasteiger charge is -2.10. The van der Waals surface area contributed by atoms with Gasteiger partial charge in [-0.05, 0) is 30.2 Å². The number of ether oxygens (including phenoxy) is 1. The van der Waals surface area contributed by atoms with E-state index in [0.29, 0.717) is 10.9 Å². The first kappa shape index (κ1) is 11.4. The fraction of sp³-hybridized carbons (Fsp3) is 0.333. The van der Waals surface area contributed by atoms with Crippen LogP contribution in [0.4, 0.5) is 13.2 Å². The van der Waals surface area contributed by atoms with Gasteiger partial charge in [0.15, 0.2) is 0 Å². The van der Waals surface area contributed by atoms with Crippen molar-refractivity contribution in [1.29, 1.82) is 0 Å². The van der Waals surface area contributed by atoms with Gasteiger partial charge >= 0.3 is 6.36 Å². The summed E-state index contributed by atoms with van der Waals surface area (Å²) in [5.74, 6) is -0.191. The maximum atomic E-state index is 11.9. The summed E-state index contributed by atoms with van der Waals surface area (Å²) in [5.41, 5.74) is 0.790. The van der Waals surface area contributed by atoms with Gasteiger partial charge < -0.3 is 4.74 Å². The van der Waals surface area contributed by atoms with Gasteiger partial charge in [0.1, 0.15) is 5.75 Å². The first-order valence-corrected chi connectivity index (χ1v) is 4.75. The zero-order valence-corrected chi connectivity index (χ0v) is 8.95. The normalized spacial score (nSPS) is 11.5. The molecule has 0 aliphatic rings. The molecule has 0 bridgehead atoms. The molecule has 0 amide bonds. The third-order valence-electron chi connectivity index (χ3n) is 1.57. The van der Waals surface area contributed by atoms with Crippen molar-refractivity contribution in [2.24, 2.45) is 0 Å². The summed E-state index contributed by atoms with van der Waals surface area (Å²) in [7, 11) is 0. The minimum absolute atomic E-state index is 0.191. The first-order chi connectivity index (χ1) is 6.40. The maximum absolute atomic E-state index is 11.9. The summed E-state index contributed by atoms with van der Waals surface area (Å²) in [6.45, 7) is 1.86. The molecule has 1 aromatic carbocycles. The number of aryl methyl sites for hydroxylation is 1. The van der Waals surface area contributed by atoms with E-state index in [1.165, 1.54) is 12.1 Å². The lowest BCUT2D eigenvalue weighted by atomic mass is 10.2. The lowest BCUT2D eigenvalue weighted by molar-refractivity contribution is -0.274. The van der Waals surface area contributed by atoms with Gasteiger partial charge in [-0.1, -0.05) is 22.9 Å². The Bertz CT molecular complexity index is 322. The second-order valence-electron chi connectivity index (χ2n) is 2.70. The highest BCUT2D eigenvalue weighted by Gasteiger charge is 2.31. The highest BCUT2D eigenvalue weighted by atomic mass is 79.9. The summed E-state index contributed by atoms with van der Waals surface area (Å²) < 4.78 is 40.0. The molecule has 1 aromatic rings. The largest absolute Gasteiger partial charge is 0.573 e. The van der Waals surface area contributed by atoms with Crippen molar-refractivity contribution in [1.82, 2.24) is 0 Å². The molecular formula is C9H8BrF3O. The molecule has 14 heavy (non-hydrogen) atoms. The summed E-state index contributed by atoms with van der Waals surface area (Å²) >= 11 is 3.11. The van der Waals surface area contributed by atoms with Gasteiger partial charge in [-0.3, -0.25) is 0 Å². The molecule has 0 radical (unpaired) electrons. The SMILES string of the molecule is CCc1cc(Br)cc(OC(F)(F)F)c1. The quantitative estimate of drug-likeness (QED) is 0.790. The Kier molecular flexibility index (Phi) is 3.42. The van der Waals surface area contributed by atoms with E-state index in [-0.39, 0.29) is 5.75 Å². The third-order valence-corrected chi connectivity index (χ3v) is 2.03. The van der Waals surface area contributed by atoms with E-state index < -0.39 is 6.36 Å². The summed E-state index contributed by atoms with van der Waals surface area (Å²) in [6.07, 6.45) is -3.97. The van der Waals surface area contributed by atoms with Gasteiger partial charge in [0.2, 0.25) is 0 Å². The molecule has 5 heteroatoms. The third kappa shape index (κ3) is 3.57. The van der Waals surface area contributed by atoms with Crippen molar-refractivity contribution in [3.8, 4) is 5.75 Å². The molecule has 0 N–H and O–H groups in total. The van der Waals surface area contributed by atoms with Crippen LogP contribution in [0.25, 0.3) is 0 Å². The average molecular weight is 269 g/mol. The van der Waals surface area contributed by atoms with Gasteiger partial charge in [0.25, 0.3) is 0 Å². The molecule has 0 unspecified atom stereocenters. The number of hydrogen-bond donors (Lipinski definition) is 0. The maximum Gasteiger partial charge on any atom is 0.573 e. The molecule has 0 aromatic heterocycles. The zero-order chi connectivity index (χ0) is 10.8. The molecule has 0 heterocycles. The fourth-order valence-corrected chi connectivity index (χ4v) is 1.54. The number of halogens is 4. The number of hydrogen-bond acceptors (Lipinski definition) is 1. The zero-order valence-electron chi connectivity index (χ0n) is 7.36. The summed E-state index contributed by atoms with van der Waals surface area (Å²) in [4.78, 5) is 0. The molecule has 0 saturated carbocycles. The molecule has 0 fully saturated rings. The molecule has 0 saturated heterocycles. The van der Waals surface area contributed by atoms with Gasteiger partial charge in [-0.25, -0.2) is 0 Å². The molecule has 0 atom stereocenters. The average Bonchev–Trinajstić information content (AvgIpc) is 1.99. The van der Waals surface area contributed by atoms with Crippen molar-refractivity contribution < 1.29 is 17.9 Å². The molecule has 0 aliphatic carbocycles. The Morgan fingerprint density at radius 2 is 1.93 bits per heavy atom. The Morgan fingerprint density at radius 1 is 1.29 bits per heavy atom. The highest BCUT2D eigenvalue weighted by Crippen LogP contribution is 2.27. The molecule has 1 nitrogen and oxygen atoms in total. The van der Waals surface area contributed by atoms with Crippen LogP contribution in [-0.2, 0) is 6.42 Å². The number of rotatable bonds is 2. The van der Waals surface area contributed by atoms with E-state index in [0.717, 1.165) is 5.56 Å². The van der Waals surface area contributed by atoms with Crippen molar-refractivity contribution in [2.75, 3.05) is 0 Å². The van der Waals surface area contributed by atoms with Crippen LogP contribution in [-0.4, -0.2) is 6.36 Å². The first-order valence-electron chi connectivity index (χ1n) is 3.96. The fourth-order valence-electron chi connectivity index (χ4n) is 1.02. The Labute approximate surface area is 88.0 Å². The van der Waals surface area contributed by atoms with E-state index >= 15 is 0 Å². The number of benzene rings is 1. The van der Waals surface area contributed by atoms with Crippen molar-refractivity contribution >= 4 is 15.9 Å². The van der Waals surface area contributed by atoms with Gasteiger partial charge in [0, 0.05) is 4.47 Å². The van der Waals surface area contributed by atoms with Crippen LogP contribution in [0.5, 0.6) is 5.75 Å². The van der Waals surface area contributed by atoms with Crippen LogP contribution in [0.15, 0.2) is 22.7 Å². The van der Waals surface area contributed by atoms with Crippen LogP contribution in [0, 0.1) is 0 Å². The Morgan fingerprint density at radius 3 is 2.43 bits per heavy atom. The van der Waals surface area contributed by atoms with E-state index in [1.807, 2.05) is 6.92 Å². The van der Waals surface area contributed by atoms with Gasteiger partial charge in [0.05, 0.1) is 0 Å². The predicted molar refractivity (Wildman–Crippen MR) is 50.2 cm³/mol. The van der Waals surface area contributed by atoms with E-state index in [2.05, 4.69) is 20.7 Å². The van der Waals surface area contributed by atoms with Crippen LogP contribution in [0.3, 0.4) is 0 Å². The number of alkyl halides is 3. The minimum Gasteiger partial charge on any atom is -0.406 e. The summed E-state index contributed by atoms with van der Waals surface area (Å²) in [6, 6.07) is 4.41. The molecule has 78 valence electrons. The van der Waals surface area contributed by atoms with E-state index in [9.17, 15) is 13.2 Å². The topological polar surface area (TPSA) is 9.23 Å². The van der Waals surface area contributed by atoms with Crippen molar-refractivity contribution in [3.05, 3.63) is 28.2 Å². The van der Waals surface area contributed by atoms with Gasteiger partial charge in [-0.15, -0.1) is 13.2 Å². The van der Waals surface area contributed by atoms with Crippen LogP contribution in [0.1, 0.15) is 12.5 Å².